The second-order valence-electron chi connectivity index (χ2n) is 5.02. The molecule has 1 amide bonds. The van der Waals surface area contributed by atoms with Crippen LogP contribution in [0.1, 0.15) is 34.9 Å². The van der Waals surface area contributed by atoms with E-state index in [0.29, 0.717) is 17.4 Å². The van der Waals surface area contributed by atoms with Gasteiger partial charge in [0, 0.05) is 6.04 Å². The van der Waals surface area contributed by atoms with Crippen LogP contribution in [0.5, 0.6) is 0 Å². The number of aryl methyl sites for hydroxylation is 1. The number of furan rings is 1. The van der Waals surface area contributed by atoms with Crippen molar-refractivity contribution in [2.75, 3.05) is 0 Å². The van der Waals surface area contributed by atoms with Gasteiger partial charge in [0.2, 0.25) is 0 Å². The van der Waals surface area contributed by atoms with Gasteiger partial charge in [0.25, 0.3) is 5.91 Å². The number of carbonyl (C=O) groups excluding carboxylic acids is 1. The highest BCUT2D eigenvalue weighted by Gasteiger charge is 2.34. The van der Waals surface area contributed by atoms with Crippen LogP contribution in [0.2, 0.25) is 5.15 Å². The molecular formula is C15H15ClN2O2. The first-order chi connectivity index (χ1) is 9.63. The Balaban J connectivity index is 1.81. The summed E-state index contributed by atoms with van der Waals surface area (Å²) in [4.78, 5) is 18.5. The van der Waals surface area contributed by atoms with Gasteiger partial charge in [-0.25, -0.2) is 4.98 Å². The van der Waals surface area contributed by atoms with Crippen LogP contribution in [0.25, 0.3) is 0 Å². The number of aromatic nitrogens is 1. The largest absolute Gasteiger partial charge is 0.464 e. The van der Waals surface area contributed by atoms with E-state index < -0.39 is 0 Å². The van der Waals surface area contributed by atoms with E-state index in [1.165, 1.54) is 0 Å². The Bertz CT molecular complexity index is 634. The smallest absolute Gasteiger partial charge is 0.273 e. The van der Waals surface area contributed by atoms with Crippen LogP contribution in [0, 0.1) is 6.92 Å². The number of halogens is 1. The molecule has 2 aromatic heterocycles. The average Bonchev–Trinajstić information content (AvgIpc) is 3.19. The van der Waals surface area contributed by atoms with Crippen molar-refractivity contribution in [1.29, 1.82) is 0 Å². The second kappa shape index (κ2) is 5.29. The number of amides is 1. The van der Waals surface area contributed by atoms with Crippen LogP contribution in [0.3, 0.4) is 0 Å². The topological polar surface area (TPSA) is 46.3 Å². The zero-order valence-corrected chi connectivity index (χ0v) is 11.9. The third-order valence-electron chi connectivity index (χ3n) is 3.30. The number of rotatable bonds is 4. The van der Waals surface area contributed by atoms with E-state index >= 15 is 0 Å². The number of pyridine rings is 1. The highest BCUT2D eigenvalue weighted by atomic mass is 35.5. The molecule has 104 valence electrons. The molecule has 1 saturated carbocycles. The summed E-state index contributed by atoms with van der Waals surface area (Å²) < 4.78 is 5.56. The fraction of sp³-hybridized carbons (Fsp3) is 0.333. The van der Waals surface area contributed by atoms with Crippen molar-refractivity contribution in [1.82, 2.24) is 9.88 Å². The van der Waals surface area contributed by atoms with E-state index in [9.17, 15) is 4.79 Å². The number of nitrogens with zero attached hydrogens (tertiary/aromatic N) is 2. The Morgan fingerprint density at radius 1 is 1.40 bits per heavy atom. The van der Waals surface area contributed by atoms with Crippen LogP contribution in [-0.4, -0.2) is 21.8 Å². The minimum atomic E-state index is -0.0935. The van der Waals surface area contributed by atoms with E-state index in [1.54, 1.807) is 18.2 Å². The van der Waals surface area contributed by atoms with Crippen molar-refractivity contribution in [3.63, 3.8) is 0 Å². The van der Waals surface area contributed by atoms with Crippen molar-refractivity contribution >= 4 is 17.5 Å². The average molecular weight is 291 g/mol. The lowest BCUT2D eigenvalue weighted by molar-refractivity contribution is 0.0711. The van der Waals surface area contributed by atoms with Gasteiger partial charge < -0.3 is 9.32 Å². The van der Waals surface area contributed by atoms with Gasteiger partial charge in [-0.2, -0.15) is 0 Å². The summed E-state index contributed by atoms with van der Waals surface area (Å²) in [5.74, 6) is 1.55. The summed E-state index contributed by atoms with van der Waals surface area (Å²) in [6, 6.07) is 9.19. The lowest BCUT2D eigenvalue weighted by Gasteiger charge is -2.20. The van der Waals surface area contributed by atoms with E-state index in [2.05, 4.69) is 4.98 Å². The highest BCUT2D eigenvalue weighted by Crippen LogP contribution is 2.30. The Kier molecular flexibility index (Phi) is 3.49. The van der Waals surface area contributed by atoms with Crippen LogP contribution < -0.4 is 0 Å². The summed E-state index contributed by atoms with van der Waals surface area (Å²) in [7, 11) is 0. The highest BCUT2D eigenvalue weighted by molar-refractivity contribution is 6.29. The van der Waals surface area contributed by atoms with Gasteiger partial charge in [-0.1, -0.05) is 17.7 Å². The lowest BCUT2D eigenvalue weighted by atomic mass is 10.3. The first-order valence-electron chi connectivity index (χ1n) is 6.62. The van der Waals surface area contributed by atoms with Crippen molar-refractivity contribution in [3.8, 4) is 0 Å². The van der Waals surface area contributed by atoms with Gasteiger partial charge >= 0.3 is 0 Å². The maximum atomic E-state index is 12.6. The van der Waals surface area contributed by atoms with Gasteiger partial charge in [0.1, 0.15) is 22.4 Å². The van der Waals surface area contributed by atoms with Crippen LogP contribution in [0.15, 0.2) is 34.7 Å². The predicted molar refractivity (Wildman–Crippen MR) is 75.6 cm³/mol. The standard InChI is InChI=1S/C15H15ClN2O2/c1-10-5-8-12(20-10)9-18(11-6-7-11)15(19)13-3-2-4-14(16)17-13/h2-5,8,11H,6-7,9H2,1H3. The molecule has 0 radical (unpaired) electrons. The van der Waals surface area contributed by atoms with Crippen LogP contribution >= 0.6 is 11.6 Å². The molecule has 3 rings (SSSR count). The summed E-state index contributed by atoms with van der Waals surface area (Å²) in [5, 5.41) is 0.334. The molecule has 0 unspecified atom stereocenters. The zero-order chi connectivity index (χ0) is 14.1. The van der Waals surface area contributed by atoms with Crippen LogP contribution in [0.4, 0.5) is 0 Å². The van der Waals surface area contributed by atoms with Gasteiger partial charge in [-0.3, -0.25) is 4.79 Å². The quantitative estimate of drug-likeness (QED) is 0.810. The second-order valence-corrected chi connectivity index (χ2v) is 5.41. The van der Waals surface area contributed by atoms with E-state index in [1.807, 2.05) is 24.0 Å². The van der Waals surface area contributed by atoms with Crippen molar-refractivity contribution in [2.24, 2.45) is 0 Å². The van der Waals surface area contributed by atoms with Crippen molar-refractivity contribution < 1.29 is 9.21 Å². The number of carbonyl (C=O) groups is 1. The Morgan fingerprint density at radius 2 is 2.20 bits per heavy atom. The Labute approximate surface area is 122 Å². The molecule has 0 atom stereocenters. The molecule has 0 aliphatic heterocycles. The molecule has 2 aromatic rings. The molecule has 0 N–H and O–H groups in total. The van der Waals surface area contributed by atoms with Gasteiger partial charge in [-0.15, -0.1) is 0 Å². The number of hydrogen-bond donors (Lipinski definition) is 0. The minimum Gasteiger partial charge on any atom is -0.464 e. The van der Waals surface area contributed by atoms with E-state index in [0.717, 1.165) is 24.4 Å². The molecule has 2 heterocycles. The SMILES string of the molecule is Cc1ccc(CN(C(=O)c2cccc(Cl)n2)C2CC2)o1. The van der Waals surface area contributed by atoms with Crippen molar-refractivity contribution in [3.05, 3.63) is 52.7 Å². The maximum Gasteiger partial charge on any atom is 0.273 e. The van der Waals surface area contributed by atoms with E-state index in [4.69, 9.17) is 16.0 Å². The first kappa shape index (κ1) is 13.2. The molecule has 0 spiro atoms. The number of hydrogen-bond acceptors (Lipinski definition) is 3. The summed E-state index contributed by atoms with van der Waals surface area (Å²) in [6.45, 7) is 2.37. The summed E-state index contributed by atoms with van der Waals surface area (Å²) in [5.41, 5.74) is 0.382. The fourth-order valence-electron chi connectivity index (χ4n) is 2.17. The first-order valence-corrected chi connectivity index (χ1v) is 7.00. The van der Waals surface area contributed by atoms with Crippen LogP contribution in [-0.2, 0) is 6.54 Å². The lowest BCUT2D eigenvalue weighted by Crippen LogP contribution is -2.33. The van der Waals surface area contributed by atoms with Gasteiger partial charge in [0.15, 0.2) is 0 Å². The molecule has 0 saturated heterocycles. The van der Waals surface area contributed by atoms with E-state index in [-0.39, 0.29) is 11.9 Å². The molecule has 5 heteroatoms. The third-order valence-corrected chi connectivity index (χ3v) is 3.52. The summed E-state index contributed by atoms with van der Waals surface area (Å²) in [6.07, 6.45) is 2.07. The fourth-order valence-corrected chi connectivity index (χ4v) is 2.33. The normalized spacial score (nSPS) is 14.3. The Hall–Kier alpha value is -1.81. The van der Waals surface area contributed by atoms with Gasteiger partial charge in [-0.05, 0) is 44.0 Å². The maximum absolute atomic E-state index is 12.6. The molecule has 1 aliphatic carbocycles. The molecular weight excluding hydrogens is 276 g/mol. The molecule has 0 aromatic carbocycles. The molecule has 20 heavy (non-hydrogen) atoms. The third kappa shape index (κ3) is 2.85. The van der Waals surface area contributed by atoms with Gasteiger partial charge in [0.05, 0.1) is 6.54 Å². The monoisotopic (exact) mass is 290 g/mol. The molecule has 1 aliphatic rings. The zero-order valence-electron chi connectivity index (χ0n) is 11.2. The summed E-state index contributed by atoms with van der Waals surface area (Å²) >= 11 is 5.85. The minimum absolute atomic E-state index is 0.0935. The Morgan fingerprint density at radius 3 is 2.80 bits per heavy atom. The molecule has 1 fully saturated rings. The molecule has 0 bridgehead atoms. The predicted octanol–water partition coefficient (Wildman–Crippen LogP) is 3.44. The molecule has 4 nitrogen and oxygen atoms in total. The van der Waals surface area contributed by atoms with Crippen molar-refractivity contribution in [2.45, 2.75) is 32.4 Å².